The molecule has 0 heterocycles. The van der Waals surface area contributed by atoms with Crippen LogP contribution in [-0.2, 0) is 0 Å². The second-order valence-corrected chi connectivity index (χ2v) is 1.41. The van der Waals surface area contributed by atoms with Gasteiger partial charge in [0.15, 0.2) is 0 Å². The largest absolute Gasteiger partial charge is 0.394 e. The Morgan fingerprint density at radius 1 is 1.50 bits per heavy atom. The van der Waals surface area contributed by atoms with Crippen LogP contribution in [0.5, 0.6) is 0 Å². The maximum atomic E-state index is 8.53. The van der Waals surface area contributed by atoms with Crippen molar-refractivity contribution in [3.63, 3.8) is 0 Å². The molecule has 0 bridgehead atoms. The van der Waals surface area contributed by atoms with Gasteiger partial charge < -0.3 is 22.9 Å². The Bertz CT molecular complexity index is 46.7. The molecule has 10 heavy (non-hydrogen) atoms. The minimum atomic E-state index is -0.620. The second kappa shape index (κ2) is 16.6. The Balaban J connectivity index is -0.000000149. The molecule has 4 heteroatoms. The van der Waals surface area contributed by atoms with Crippen molar-refractivity contribution in [2.45, 2.75) is 19.4 Å². The number of aliphatic hydroxyl groups excluding tert-OH is 2. The molecule has 1 unspecified atom stereocenters. The quantitative estimate of drug-likeness (QED) is 0.616. The van der Waals surface area contributed by atoms with Gasteiger partial charge in [0, 0.05) is 38.6 Å². The molecule has 0 fully saturated rings. The van der Waals surface area contributed by atoms with Gasteiger partial charge in [0.25, 0.3) is 0 Å². The first-order valence-electron chi connectivity index (χ1n) is 3.01. The van der Waals surface area contributed by atoms with E-state index in [9.17, 15) is 0 Å². The van der Waals surface area contributed by atoms with E-state index in [1.165, 1.54) is 0 Å². The Hall–Kier alpha value is 1.17. The molecule has 1 atom stereocenters. The summed E-state index contributed by atoms with van der Waals surface area (Å²) in [6.07, 6.45) is -0.138. The third kappa shape index (κ3) is 16.1. The molecule has 0 aromatic carbocycles. The molecule has 0 saturated carbocycles. The molecule has 0 aliphatic carbocycles. The molecule has 0 saturated heterocycles. The monoisotopic (exact) mass is 293 g/mol. The number of aliphatic hydroxyl groups is 2. The van der Waals surface area contributed by atoms with Gasteiger partial charge in [0.05, 0.1) is 12.7 Å². The summed E-state index contributed by atoms with van der Waals surface area (Å²) in [5, 5.41) is 16.7. The zero-order chi connectivity index (χ0) is 7.70. The summed E-state index contributed by atoms with van der Waals surface area (Å²) in [5.74, 6) is 0. The molecule has 3 nitrogen and oxygen atoms in total. The third-order valence-electron chi connectivity index (χ3n) is 0.711. The molecule has 67 valence electrons. The minimum absolute atomic E-state index is 0. The Kier molecular flexibility index (Phi) is 28.8. The molecule has 0 rings (SSSR count). The van der Waals surface area contributed by atoms with Crippen LogP contribution in [0.2, 0.25) is 0 Å². The second-order valence-electron chi connectivity index (χ2n) is 1.41. The molecular formula is C6H16NO2Tb-. The van der Waals surface area contributed by atoms with E-state index in [0.717, 1.165) is 0 Å². The van der Waals surface area contributed by atoms with Gasteiger partial charge in [-0.15, -0.1) is 0 Å². The Labute approximate surface area is 93.4 Å². The predicted octanol–water partition coefficient (Wildman–Crippen LogP) is -0.471. The van der Waals surface area contributed by atoms with Gasteiger partial charge in [0.2, 0.25) is 0 Å². The van der Waals surface area contributed by atoms with Crippen molar-refractivity contribution in [3.05, 3.63) is 6.92 Å². The molecule has 0 aromatic rings. The van der Waals surface area contributed by atoms with Gasteiger partial charge in [0.1, 0.15) is 0 Å². The van der Waals surface area contributed by atoms with Gasteiger partial charge in [-0.25, -0.2) is 0 Å². The van der Waals surface area contributed by atoms with E-state index in [2.05, 4.69) is 6.92 Å². The first kappa shape index (κ1) is 17.3. The van der Waals surface area contributed by atoms with Crippen molar-refractivity contribution in [3.8, 4) is 0 Å². The molecule has 0 aliphatic rings. The van der Waals surface area contributed by atoms with Crippen molar-refractivity contribution in [2.75, 3.05) is 13.2 Å². The first-order chi connectivity index (χ1) is 4.31. The van der Waals surface area contributed by atoms with Crippen LogP contribution >= 0.6 is 0 Å². The third-order valence-corrected chi connectivity index (χ3v) is 0.711. The predicted molar refractivity (Wildman–Crippen MR) is 37.8 cm³/mol. The number of nitrogens with two attached hydrogens (primary N) is 1. The van der Waals surface area contributed by atoms with E-state index in [1.807, 2.05) is 0 Å². The minimum Gasteiger partial charge on any atom is -0.394 e. The average molecular weight is 293 g/mol. The first-order valence-corrected chi connectivity index (χ1v) is 3.01. The fourth-order valence-corrected chi connectivity index (χ4v) is 0.284. The average Bonchev–Trinajstić information content (AvgIpc) is 1.93. The fraction of sp³-hybridized carbons (Fsp3) is 0.833. The SMILES string of the molecule is NCCC(O)CO.[CH2-]C.[Tb]. The summed E-state index contributed by atoms with van der Waals surface area (Å²) in [6.45, 7) is 5.25. The van der Waals surface area contributed by atoms with Crippen LogP contribution in [0.4, 0.5) is 0 Å². The van der Waals surface area contributed by atoms with Crippen LogP contribution in [0.15, 0.2) is 0 Å². The summed E-state index contributed by atoms with van der Waals surface area (Å²) in [7, 11) is 0. The van der Waals surface area contributed by atoms with Gasteiger partial charge in [-0.05, 0) is 13.0 Å². The molecule has 0 aromatic heterocycles. The molecular weight excluding hydrogens is 277 g/mol. The standard InChI is InChI=1S/C4H11NO2.C2H5.Tb/c5-2-1-4(7)3-6;1-2;/h4,6-7H,1-3,5H2;1H2,2H3;/q;-1;. The summed E-state index contributed by atoms with van der Waals surface area (Å²) < 4.78 is 0. The molecule has 0 aliphatic heterocycles. The molecule has 4 N–H and O–H groups in total. The number of hydrogen-bond acceptors (Lipinski definition) is 3. The van der Waals surface area contributed by atoms with Crippen LogP contribution in [-0.4, -0.2) is 29.5 Å². The fourth-order valence-electron chi connectivity index (χ4n) is 0.284. The van der Waals surface area contributed by atoms with Crippen LogP contribution in [0, 0.1) is 45.5 Å². The topological polar surface area (TPSA) is 66.5 Å². The van der Waals surface area contributed by atoms with E-state index >= 15 is 0 Å². The number of hydrogen-bond donors (Lipinski definition) is 3. The summed E-state index contributed by atoms with van der Waals surface area (Å²) >= 11 is 0. The Morgan fingerprint density at radius 2 is 1.90 bits per heavy atom. The molecule has 0 spiro atoms. The van der Waals surface area contributed by atoms with Crippen molar-refractivity contribution in [1.29, 1.82) is 0 Å². The maximum Gasteiger partial charge on any atom is 0.0782 e. The normalized spacial score (nSPS) is 10.5. The van der Waals surface area contributed by atoms with Gasteiger partial charge >= 0.3 is 0 Å². The van der Waals surface area contributed by atoms with E-state index in [4.69, 9.17) is 15.9 Å². The summed E-state index contributed by atoms with van der Waals surface area (Å²) in [5.41, 5.74) is 5.03. The molecule has 1 radical (unpaired) electrons. The van der Waals surface area contributed by atoms with Crippen LogP contribution in [0.1, 0.15) is 13.3 Å². The van der Waals surface area contributed by atoms with E-state index in [-0.39, 0.29) is 45.2 Å². The summed E-state index contributed by atoms with van der Waals surface area (Å²) in [6, 6.07) is 0. The molecule has 0 amide bonds. The number of rotatable bonds is 3. The van der Waals surface area contributed by atoms with Gasteiger partial charge in [-0.1, -0.05) is 0 Å². The van der Waals surface area contributed by atoms with Crippen molar-refractivity contribution in [2.24, 2.45) is 5.73 Å². The Morgan fingerprint density at radius 3 is 2.00 bits per heavy atom. The smallest absolute Gasteiger partial charge is 0.0782 e. The van der Waals surface area contributed by atoms with Crippen LogP contribution in [0.3, 0.4) is 0 Å². The van der Waals surface area contributed by atoms with E-state index in [1.54, 1.807) is 6.92 Å². The van der Waals surface area contributed by atoms with Crippen molar-refractivity contribution >= 4 is 0 Å². The zero-order valence-corrected chi connectivity index (χ0v) is 8.35. The van der Waals surface area contributed by atoms with Gasteiger partial charge in [-0.2, -0.15) is 6.92 Å². The maximum absolute atomic E-state index is 8.53. The summed E-state index contributed by atoms with van der Waals surface area (Å²) in [4.78, 5) is 0. The van der Waals surface area contributed by atoms with Crippen LogP contribution in [0.25, 0.3) is 0 Å². The van der Waals surface area contributed by atoms with Crippen molar-refractivity contribution in [1.82, 2.24) is 0 Å². The van der Waals surface area contributed by atoms with Crippen molar-refractivity contribution < 1.29 is 48.8 Å². The van der Waals surface area contributed by atoms with E-state index < -0.39 is 6.10 Å². The van der Waals surface area contributed by atoms with E-state index in [0.29, 0.717) is 13.0 Å². The van der Waals surface area contributed by atoms with Crippen LogP contribution < -0.4 is 5.73 Å². The van der Waals surface area contributed by atoms with Gasteiger partial charge in [-0.3, -0.25) is 0 Å². The zero-order valence-electron chi connectivity index (χ0n) is 6.21.